The minimum absolute atomic E-state index is 0.167. The Labute approximate surface area is 132 Å². The number of ether oxygens (including phenoxy) is 1. The summed E-state index contributed by atoms with van der Waals surface area (Å²) in [7, 11) is 0. The van der Waals surface area contributed by atoms with E-state index in [4.69, 9.17) is 4.74 Å². The zero-order valence-corrected chi connectivity index (χ0v) is 15.0. The standard InChI is InChI=1S/C9H17NO2.C9H20/c1-9(2,3)12-8(11)10-6-4-5-7-10;1-3-5-7-9-8-6-4-2/h4-7H2,1-3H3;3-9H2,1-2H3. The van der Waals surface area contributed by atoms with E-state index < -0.39 is 0 Å². The molecule has 0 unspecified atom stereocenters. The Morgan fingerprint density at radius 3 is 1.71 bits per heavy atom. The van der Waals surface area contributed by atoms with Crippen LogP contribution >= 0.6 is 0 Å². The Morgan fingerprint density at radius 2 is 1.33 bits per heavy atom. The number of unbranched alkanes of at least 4 members (excludes halogenated alkanes) is 6. The van der Waals surface area contributed by atoms with Crippen molar-refractivity contribution in [2.75, 3.05) is 13.1 Å². The smallest absolute Gasteiger partial charge is 0.410 e. The molecule has 0 aromatic heterocycles. The van der Waals surface area contributed by atoms with Crippen molar-refractivity contribution in [3.05, 3.63) is 0 Å². The van der Waals surface area contributed by atoms with Crippen LogP contribution < -0.4 is 0 Å². The number of rotatable bonds is 6. The number of carbonyl (C=O) groups excluding carboxylic acids is 1. The molecule has 126 valence electrons. The van der Waals surface area contributed by atoms with Gasteiger partial charge < -0.3 is 9.64 Å². The van der Waals surface area contributed by atoms with E-state index in [1.807, 2.05) is 20.8 Å². The molecule has 3 heteroatoms. The second-order valence-electron chi connectivity index (χ2n) is 6.94. The van der Waals surface area contributed by atoms with Crippen molar-refractivity contribution in [2.24, 2.45) is 0 Å². The third-order valence-corrected chi connectivity index (χ3v) is 3.46. The van der Waals surface area contributed by atoms with Gasteiger partial charge in [0.2, 0.25) is 0 Å². The second kappa shape index (κ2) is 11.9. The van der Waals surface area contributed by atoms with Crippen LogP contribution in [0.3, 0.4) is 0 Å². The summed E-state index contributed by atoms with van der Waals surface area (Å²) < 4.78 is 5.21. The first-order chi connectivity index (χ1) is 9.90. The fourth-order valence-corrected chi connectivity index (χ4v) is 2.26. The molecule has 1 aliphatic heterocycles. The van der Waals surface area contributed by atoms with Crippen molar-refractivity contribution in [2.45, 2.75) is 98.0 Å². The van der Waals surface area contributed by atoms with Gasteiger partial charge in [-0.05, 0) is 33.6 Å². The summed E-state index contributed by atoms with van der Waals surface area (Å²) in [5.41, 5.74) is -0.361. The minimum Gasteiger partial charge on any atom is -0.444 e. The van der Waals surface area contributed by atoms with E-state index in [1.165, 1.54) is 44.9 Å². The molecule has 0 spiro atoms. The maximum Gasteiger partial charge on any atom is 0.410 e. The van der Waals surface area contributed by atoms with E-state index in [-0.39, 0.29) is 11.7 Å². The van der Waals surface area contributed by atoms with Crippen molar-refractivity contribution >= 4 is 6.09 Å². The third kappa shape index (κ3) is 12.7. The van der Waals surface area contributed by atoms with Crippen molar-refractivity contribution < 1.29 is 9.53 Å². The van der Waals surface area contributed by atoms with Crippen LogP contribution in [0.4, 0.5) is 4.79 Å². The fraction of sp³-hybridized carbons (Fsp3) is 0.944. The molecule has 1 heterocycles. The Balaban J connectivity index is 0.000000400. The SMILES string of the molecule is CC(C)(C)OC(=O)N1CCCC1.CCCCCCCCC. The normalized spacial score (nSPS) is 14.6. The quantitative estimate of drug-likeness (QED) is 0.582. The molecular weight excluding hydrogens is 262 g/mol. The first-order valence-corrected chi connectivity index (χ1v) is 8.88. The Morgan fingerprint density at radius 1 is 0.905 bits per heavy atom. The maximum atomic E-state index is 11.4. The lowest BCUT2D eigenvalue weighted by Crippen LogP contribution is -2.34. The molecule has 0 atom stereocenters. The largest absolute Gasteiger partial charge is 0.444 e. The Hall–Kier alpha value is -0.730. The van der Waals surface area contributed by atoms with Gasteiger partial charge in [0.05, 0.1) is 0 Å². The van der Waals surface area contributed by atoms with E-state index in [2.05, 4.69) is 13.8 Å². The van der Waals surface area contributed by atoms with Gasteiger partial charge >= 0.3 is 6.09 Å². The molecule has 0 aliphatic carbocycles. The average Bonchev–Trinajstić information content (AvgIpc) is 2.91. The van der Waals surface area contributed by atoms with Gasteiger partial charge in [-0.3, -0.25) is 0 Å². The highest BCUT2D eigenvalue weighted by Gasteiger charge is 2.23. The summed E-state index contributed by atoms with van der Waals surface area (Å²) in [6.07, 6.45) is 12.0. The summed E-state index contributed by atoms with van der Waals surface area (Å²) in [5.74, 6) is 0. The molecule has 1 saturated heterocycles. The van der Waals surface area contributed by atoms with E-state index >= 15 is 0 Å². The zero-order valence-electron chi connectivity index (χ0n) is 15.0. The van der Waals surface area contributed by atoms with Crippen molar-refractivity contribution in [3.8, 4) is 0 Å². The fourth-order valence-electron chi connectivity index (χ4n) is 2.26. The first kappa shape index (κ1) is 20.3. The van der Waals surface area contributed by atoms with Crippen LogP contribution in [-0.2, 0) is 4.74 Å². The van der Waals surface area contributed by atoms with Crippen molar-refractivity contribution in [1.82, 2.24) is 4.90 Å². The zero-order chi connectivity index (χ0) is 16.1. The Bertz CT molecular complexity index is 246. The highest BCUT2D eigenvalue weighted by atomic mass is 16.6. The van der Waals surface area contributed by atoms with Gasteiger partial charge in [-0.2, -0.15) is 0 Å². The van der Waals surface area contributed by atoms with Crippen molar-refractivity contribution in [3.63, 3.8) is 0 Å². The molecule has 1 fully saturated rings. The minimum atomic E-state index is -0.361. The van der Waals surface area contributed by atoms with Crippen LogP contribution in [0.2, 0.25) is 0 Å². The molecule has 3 nitrogen and oxygen atoms in total. The maximum absolute atomic E-state index is 11.4. The molecule has 21 heavy (non-hydrogen) atoms. The molecule has 0 saturated carbocycles. The monoisotopic (exact) mass is 299 g/mol. The molecule has 0 bridgehead atoms. The highest BCUT2D eigenvalue weighted by Crippen LogP contribution is 2.14. The number of nitrogens with zero attached hydrogens (tertiary/aromatic N) is 1. The molecule has 0 aromatic carbocycles. The number of likely N-dealkylation sites (tertiary alicyclic amines) is 1. The average molecular weight is 299 g/mol. The van der Waals surface area contributed by atoms with E-state index in [1.54, 1.807) is 4.90 Å². The van der Waals surface area contributed by atoms with E-state index in [0.29, 0.717) is 0 Å². The molecule has 1 amide bonds. The van der Waals surface area contributed by atoms with Gasteiger partial charge in [0.15, 0.2) is 0 Å². The van der Waals surface area contributed by atoms with Crippen LogP contribution in [0.25, 0.3) is 0 Å². The van der Waals surface area contributed by atoms with E-state index in [9.17, 15) is 4.79 Å². The summed E-state index contributed by atoms with van der Waals surface area (Å²) in [5, 5.41) is 0. The predicted octanol–water partition coefficient (Wildman–Crippen LogP) is 5.77. The predicted molar refractivity (Wildman–Crippen MR) is 90.7 cm³/mol. The summed E-state index contributed by atoms with van der Waals surface area (Å²) in [6.45, 7) is 11.9. The lowest BCUT2D eigenvalue weighted by atomic mass is 10.1. The lowest BCUT2D eigenvalue weighted by molar-refractivity contribution is 0.0295. The number of hydrogen-bond acceptors (Lipinski definition) is 2. The van der Waals surface area contributed by atoms with Gasteiger partial charge in [-0.1, -0.05) is 58.8 Å². The summed E-state index contributed by atoms with van der Waals surface area (Å²) in [6, 6.07) is 0. The highest BCUT2D eigenvalue weighted by molar-refractivity contribution is 5.68. The molecule has 1 rings (SSSR count). The van der Waals surface area contributed by atoms with Gasteiger partial charge in [0.1, 0.15) is 5.60 Å². The van der Waals surface area contributed by atoms with Gasteiger partial charge in [0.25, 0.3) is 0 Å². The van der Waals surface area contributed by atoms with Gasteiger partial charge in [-0.15, -0.1) is 0 Å². The van der Waals surface area contributed by atoms with Crippen molar-refractivity contribution in [1.29, 1.82) is 0 Å². The lowest BCUT2D eigenvalue weighted by Gasteiger charge is -2.23. The van der Waals surface area contributed by atoms with Crippen LogP contribution in [0.15, 0.2) is 0 Å². The molecule has 0 radical (unpaired) electrons. The first-order valence-electron chi connectivity index (χ1n) is 8.88. The van der Waals surface area contributed by atoms with Crippen LogP contribution in [0, 0.1) is 0 Å². The number of carbonyl (C=O) groups is 1. The summed E-state index contributed by atoms with van der Waals surface area (Å²) in [4.78, 5) is 13.1. The number of hydrogen-bond donors (Lipinski definition) is 0. The Kier molecular flexibility index (Phi) is 11.5. The van der Waals surface area contributed by atoms with E-state index in [0.717, 1.165) is 25.9 Å². The molecule has 0 aromatic rings. The van der Waals surface area contributed by atoms with Crippen LogP contribution in [0.1, 0.15) is 92.4 Å². The molecule has 0 N–H and O–H groups in total. The summed E-state index contributed by atoms with van der Waals surface area (Å²) >= 11 is 0. The molecular formula is C18H37NO2. The third-order valence-electron chi connectivity index (χ3n) is 3.46. The molecule has 1 aliphatic rings. The van der Waals surface area contributed by atoms with Crippen LogP contribution in [-0.4, -0.2) is 29.7 Å². The van der Waals surface area contributed by atoms with Crippen LogP contribution in [0.5, 0.6) is 0 Å². The second-order valence-corrected chi connectivity index (χ2v) is 6.94. The topological polar surface area (TPSA) is 29.5 Å². The van der Waals surface area contributed by atoms with Gasteiger partial charge in [0, 0.05) is 13.1 Å². The number of amides is 1. The van der Waals surface area contributed by atoms with Gasteiger partial charge in [-0.25, -0.2) is 4.79 Å².